The summed E-state index contributed by atoms with van der Waals surface area (Å²) in [5.41, 5.74) is 7.61. The van der Waals surface area contributed by atoms with Gasteiger partial charge < -0.3 is 16.0 Å². The van der Waals surface area contributed by atoms with E-state index in [1.165, 1.54) is 6.33 Å². The molecule has 25 heavy (non-hydrogen) atoms. The van der Waals surface area contributed by atoms with Gasteiger partial charge in [0.15, 0.2) is 11.6 Å². The van der Waals surface area contributed by atoms with E-state index in [0.717, 1.165) is 24.6 Å². The number of halogens is 2. The second-order valence-electron chi connectivity index (χ2n) is 6.94. The van der Waals surface area contributed by atoms with Crippen LogP contribution in [0.5, 0.6) is 0 Å². The molecule has 1 heterocycles. The van der Waals surface area contributed by atoms with E-state index in [2.05, 4.69) is 47.9 Å². The third kappa shape index (κ3) is 5.65. The van der Waals surface area contributed by atoms with Crippen molar-refractivity contribution < 1.29 is 0 Å². The maximum atomic E-state index is 6.36. The van der Waals surface area contributed by atoms with Crippen molar-refractivity contribution >= 4 is 46.2 Å². The van der Waals surface area contributed by atoms with Crippen molar-refractivity contribution in [1.82, 2.24) is 9.97 Å². The number of benzene rings is 1. The maximum Gasteiger partial charge on any atom is 0.159 e. The number of rotatable bonds is 7. The summed E-state index contributed by atoms with van der Waals surface area (Å²) in [6.45, 7) is 10.5. The van der Waals surface area contributed by atoms with Crippen molar-refractivity contribution in [2.45, 2.75) is 27.7 Å². The van der Waals surface area contributed by atoms with E-state index in [9.17, 15) is 0 Å². The molecule has 0 amide bonds. The number of nitrogens with one attached hydrogen (secondary N) is 1. The molecule has 0 fully saturated rings. The topological polar surface area (TPSA) is 67.1 Å². The van der Waals surface area contributed by atoms with E-state index >= 15 is 0 Å². The van der Waals surface area contributed by atoms with Crippen LogP contribution in [0.25, 0.3) is 0 Å². The van der Waals surface area contributed by atoms with Crippen molar-refractivity contribution in [3.63, 3.8) is 0 Å². The molecule has 7 heteroatoms. The highest BCUT2D eigenvalue weighted by Gasteiger charge is 2.17. The van der Waals surface area contributed by atoms with Gasteiger partial charge in [0.05, 0.1) is 0 Å². The predicted octanol–water partition coefficient (Wildman–Crippen LogP) is 5.23. The number of nitrogen functional groups attached to an aromatic ring is 1. The normalized spacial score (nSPS) is 11.2. The molecule has 0 atom stereocenters. The Hall–Kier alpha value is -1.72. The monoisotopic (exact) mass is 381 g/mol. The summed E-state index contributed by atoms with van der Waals surface area (Å²) in [5, 5.41) is 4.28. The molecule has 1 aromatic heterocycles. The Morgan fingerprint density at radius 2 is 1.56 bits per heavy atom. The minimum atomic E-state index is 0.497. The van der Waals surface area contributed by atoms with Crippen LogP contribution in [-0.2, 0) is 0 Å². The minimum absolute atomic E-state index is 0.497. The Morgan fingerprint density at radius 1 is 1.00 bits per heavy atom. The van der Waals surface area contributed by atoms with E-state index in [-0.39, 0.29) is 0 Å². The molecule has 0 saturated carbocycles. The van der Waals surface area contributed by atoms with Crippen LogP contribution in [-0.4, -0.2) is 23.1 Å². The van der Waals surface area contributed by atoms with Crippen LogP contribution in [0.15, 0.2) is 24.5 Å². The molecule has 0 aliphatic heterocycles. The number of hydrogen-bond acceptors (Lipinski definition) is 5. The molecule has 1 aromatic carbocycles. The number of aromatic nitrogens is 2. The Kier molecular flexibility index (Phi) is 6.73. The number of nitrogens with two attached hydrogens (primary N) is 1. The van der Waals surface area contributed by atoms with Crippen LogP contribution < -0.4 is 16.0 Å². The van der Waals surface area contributed by atoms with Crippen LogP contribution in [0.2, 0.25) is 10.0 Å². The predicted molar refractivity (Wildman–Crippen MR) is 108 cm³/mol. The van der Waals surface area contributed by atoms with Crippen molar-refractivity contribution in [2.24, 2.45) is 11.8 Å². The van der Waals surface area contributed by atoms with Gasteiger partial charge in [0.1, 0.15) is 12.0 Å². The second-order valence-corrected chi connectivity index (χ2v) is 7.81. The van der Waals surface area contributed by atoms with Crippen molar-refractivity contribution in [1.29, 1.82) is 0 Å². The molecule has 0 unspecified atom stereocenters. The molecule has 5 nitrogen and oxygen atoms in total. The first kappa shape index (κ1) is 19.6. The van der Waals surface area contributed by atoms with Crippen LogP contribution in [0.1, 0.15) is 27.7 Å². The minimum Gasteiger partial charge on any atom is -0.393 e. The summed E-state index contributed by atoms with van der Waals surface area (Å²) in [4.78, 5) is 10.9. The quantitative estimate of drug-likeness (QED) is 0.687. The van der Waals surface area contributed by atoms with Gasteiger partial charge in [0.2, 0.25) is 0 Å². The average molecular weight is 382 g/mol. The van der Waals surface area contributed by atoms with Gasteiger partial charge in [0.25, 0.3) is 0 Å². The van der Waals surface area contributed by atoms with Crippen LogP contribution >= 0.6 is 23.2 Å². The lowest BCUT2D eigenvalue weighted by atomic mass is 10.1. The summed E-state index contributed by atoms with van der Waals surface area (Å²) in [6, 6.07) is 5.22. The summed E-state index contributed by atoms with van der Waals surface area (Å²) in [6.07, 6.45) is 1.52. The maximum absolute atomic E-state index is 6.36. The van der Waals surface area contributed by atoms with Gasteiger partial charge in [-0.05, 0) is 30.0 Å². The average Bonchev–Trinajstić information content (AvgIpc) is 2.46. The first-order chi connectivity index (χ1) is 11.8. The standard InChI is InChI=1S/C18H25Cl2N5/c1-11(2)8-25(9-12(3)4)18-16(21)17(22-10-23-18)24-15-6-13(19)5-14(20)7-15/h5-7,10-12H,8-9,21H2,1-4H3,(H,22,23,24). The van der Waals surface area contributed by atoms with Gasteiger partial charge >= 0.3 is 0 Å². The van der Waals surface area contributed by atoms with E-state index in [1.807, 2.05) is 0 Å². The van der Waals surface area contributed by atoms with Crippen molar-refractivity contribution in [3.8, 4) is 0 Å². The van der Waals surface area contributed by atoms with Crippen LogP contribution in [0.3, 0.4) is 0 Å². The Balaban J connectivity index is 2.33. The highest BCUT2D eigenvalue weighted by Crippen LogP contribution is 2.31. The van der Waals surface area contributed by atoms with Gasteiger partial charge in [0, 0.05) is 28.8 Å². The SMILES string of the molecule is CC(C)CN(CC(C)C)c1ncnc(Nc2cc(Cl)cc(Cl)c2)c1N. The molecule has 2 aromatic rings. The molecule has 3 N–H and O–H groups in total. The fraction of sp³-hybridized carbons (Fsp3) is 0.444. The summed E-state index contributed by atoms with van der Waals surface area (Å²) in [5.74, 6) is 2.28. The molecule has 0 bridgehead atoms. The zero-order chi connectivity index (χ0) is 18.6. The van der Waals surface area contributed by atoms with Crippen molar-refractivity contribution in [2.75, 3.05) is 29.0 Å². The summed E-state index contributed by atoms with van der Waals surface area (Å²) < 4.78 is 0. The first-order valence-corrected chi connectivity index (χ1v) is 9.10. The van der Waals surface area contributed by atoms with Gasteiger partial charge in [-0.15, -0.1) is 0 Å². The molecule has 0 saturated heterocycles. The lowest BCUT2D eigenvalue weighted by Gasteiger charge is -2.28. The van der Waals surface area contributed by atoms with Crippen LogP contribution in [0, 0.1) is 11.8 Å². The van der Waals surface area contributed by atoms with E-state index < -0.39 is 0 Å². The Morgan fingerprint density at radius 3 is 2.08 bits per heavy atom. The van der Waals surface area contributed by atoms with Gasteiger partial charge in [-0.25, -0.2) is 9.97 Å². The third-order valence-corrected chi connectivity index (χ3v) is 3.90. The second kappa shape index (κ2) is 8.59. The zero-order valence-electron chi connectivity index (χ0n) is 15.1. The number of anilines is 4. The first-order valence-electron chi connectivity index (χ1n) is 8.34. The lowest BCUT2D eigenvalue weighted by molar-refractivity contribution is 0.549. The Bertz CT molecular complexity index is 688. The van der Waals surface area contributed by atoms with E-state index in [1.54, 1.807) is 18.2 Å². The van der Waals surface area contributed by atoms with Gasteiger partial charge in [-0.3, -0.25) is 0 Å². The van der Waals surface area contributed by atoms with E-state index in [4.69, 9.17) is 28.9 Å². The summed E-state index contributed by atoms with van der Waals surface area (Å²) >= 11 is 12.1. The molecule has 136 valence electrons. The molecular formula is C18H25Cl2N5. The largest absolute Gasteiger partial charge is 0.393 e. The fourth-order valence-corrected chi connectivity index (χ4v) is 3.16. The highest BCUT2D eigenvalue weighted by atomic mass is 35.5. The molecule has 0 radical (unpaired) electrons. The van der Waals surface area contributed by atoms with Crippen molar-refractivity contribution in [3.05, 3.63) is 34.6 Å². The molecular weight excluding hydrogens is 357 g/mol. The van der Waals surface area contributed by atoms with Gasteiger partial charge in [-0.2, -0.15) is 0 Å². The molecule has 2 rings (SSSR count). The van der Waals surface area contributed by atoms with E-state index in [0.29, 0.717) is 33.4 Å². The third-order valence-electron chi connectivity index (χ3n) is 3.46. The summed E-state index contributed by atoms with van der Waals surface area (Å²) in [7, 11) is 0. The molecule has 0 spiro atoms. The zero-order valence-corrected chi connectivity index (χ0v) is 16.6. The highest BCUT2D eigenvalue weighted by molar-refractivity contribution is 6.35. The Labute approximate surface area is 159 Å². The van der Waals surface area contributed by atoms with Gasteiger partial charge in [-0.1, -0.05) is 50.9 Å². The smallest absolute Gasteiger partial charge is 0.159 e. The number of hydrogen-bond donors (Lipinski definition) is 2. The molecule has 0 aliphatic carbocycles. The van der Waals surface area contributed by atoms with Crippen LogP contribution in [0.4, 0.5) is 23.0 Å². The number of nitrogens with zero attached hydrogens (tertiary/aromatic N) is 3. The molecule has 0 aliphatic rings. The fourth-order valence-electron chi connectivity index (χ4n) is 2.63. The lowest BCUT2D eigenvalue weighted by Crippen LogP contribution is -2.32.